The lowest BCUT2D eigenvalue weighted by Gasteiger charge is -2.15. The maximum absolute atomic E-state index is 11.8. The smallest absolute Gasteiger partial charge is 0.220 e. The van der Waals surface area contributed by atoms with Crippen molar-refractivity contribution in [3.8, 4) is 5.75 Å². The Morgan fingerprint density at radius 2 is 2.14 bits per heavy atom. The van der Waals surface area contributed by atoms with Gasteiger partial charge in [0.25, 0.3) is 0 Å². The first-order valence-electron chi connectivity index (χ1n) is 7.45. The lowest BCUT2D eigenvalue weighted by molar-refractivity contribution is -0.122. The summed E-state index contributed by atoms with van der Waals surface area (Å²) in [5.74, 6) is 0.845. The fraction of sp³-hybridized carbons (Fsp3) is 0.438. The van der Waals surface area contributed by atoms with Crippen molar-refractivity contribution in [3.05, 3.63) is 42.5 Å². The van der Waals surface area contributed by atoms with E-state index in [1.54, 1.807) is 11.0 Å². The molecule has 0 bridgehead atoms. The number of carbonyl (C=O) groups excluding carboxylic acids is 1. The van der Waals surface area contributed by atoms with Gasteiger partial charge >= 0.3 is 0 Å². The summed E-state index contributed by atoms with van der Waals surface area (Å²) >= 11 is 0. The molecule has 0 aliphatic heterocycles. The number of nitrogens with one attached hydrogen (secondary N) is 1. The lowest BCUT2D eigenvalue weighted by Crippen LogP contribution is -2.36. The van der Waals surface area contributed by atoms with E-state index >= 15 is 0 Å². The third kappa shape index (κ3) is 5.55. The van der Waals surface area contributed by atoms with Crippen molar-refractivity contribution in [3.63, 3.8) is 0 Å². The molecule has 6 nitrogen and oxygen atoms in total. The number of amides is 1. The molecular weight excluding hydrogens is 280 g/mol. The molecule has 2 aromatic rings. The van der Waals surface area contributed by atoms with Crippen LogP contribution >= 0.6 is 0 Å². The highest BCUT2D eigenvalue weighted by atomic mass is 16.5. The van der Waals surface area contributed by atoms with Gasteiger partial charge in [-0.25, -0.2) is 4.98 Å². The van der Waals surface area contributed by atoms with E-state index < -0.39 is 0 Å². The zero-order valence-electron chi connectivity index (χ0n) is 13.0. The Morgan fingerprint density at radius 3 is 2.82 bits per heavy atom. The fourth-order valence-corrected chi connectivity index (χ4v) is 1.99. The Labute approximate surface area is 130 Å². The predicted molar refractivity (Wildman–Crippen MR) is 83.5 cm³/mol. The van der Waals surface area contributed by atoms with Crippen molar-refractivity contribution in [2.75, 3.05) is 6.61 Å². The second-order valence-electron chi connectivity index (χ2n) is 5.35. The van der Waals surface area contributed by atoms with Gasteiger partial charge in [0, 0.05) is 13.0 Å². The molecule has 1 heterocycles. The molecule has 1 aromatic carbocycles. The van der Waals surface area contributed by atoms with Crippen LogP contribution in [0.2, 0.25) is 0 Å². The first-order chi connectivity index (χ1) is 10.6. The molecule has 0 aliphatic carbocycles. The van der Waals surface area contributed by atoms with Gasteiger partial charge in [0.1, 0.15) is 25.0 Å². The predicted octanol–water partition coefficient (Wildman–Crippen LogP) is 1.95. The molecule has 0 aliphatic rings. The standard InChI is InChI=1S/C16H22N4O2/c1-13-5-7-15(8-6-13)22-10-14(2)19-16(21)4-3-9-20-12-17-11-18-20/h5-8,11-12,14H,3-4,9-10H2,1-2H3,(H,19,21). The van der Waals surface area contributed by atoms with E-state index in [2.05, 4.69) is 15.4 Å². The average molecular weight is 302 g/mol. The summed E-state index contributed by atoms with van der Waals surface area (Å²) in [6.07, 6.45) is 4.34. The van der Waals surface area contributed by atoms with Crippen LogP contribution in [0.15, 0.2) is 36.9 Å². The Kier molecular flexibility index (Phi) is 5.94. The summed E-state index contributed by atoms with van der Waals surface area (Å²) in [5.41, 5.74) is 1.20. The first-order valence-corrected chi connectivity index (χ1v) is 7.45. The largest absolute Gasteiger partial charge is 0.491 e. The molecule has 0 saturated carbocycles. The zero-order chi connectivity index (χ0) is 15.8. The quantitative estimate of drug-likeness (QED) is 0.809. The number of hydrogen-bond donors (Lipinski definition) is 1. The zero-order valence-corrected chi connectivity index (χ0v) is 13.0. The molecule has 0 saturated heterocycles. The molecule has 1 N–H and O–H groups in total. The molecule has 118 valence electrons. The van der Waals surface area contributed by atoms with Gasteiger partial charge in [-0.2, -0.15) is 5.10 Å². The molecular formula is C16H22N4O2. The number of nitrogens with zero attached hydrogens (tertiary/aromatic N) is 3. The van der Waals surface area contributed by atoms with Crippen LogP contribution in [0.4, 0.5) is 0 Å². The topological polar surface area (TPSA) is 69.0 Å². The lowest BCUT2D eigenvalue weighted by atomic mass is 10.2. The van der Waals surface area contributed by atoms with Crippen molar-refractivity contribution < 1.29 is 9.53 Å². The molecule has 1 atom stereocenters. The Bertz CT molecular complexity index is 566. The van der Waals surface area contributed by atoms with Gasteiger partial charge in [-0.15, -0.1) is 0 Å². The third-order valence-electron chi connectivity index (χ3n) is 3.19. The molecule has 0 radical (unpaired) electrons. The molecule has 1 aromatic heterocycles. The van der Waals surface area contributed by atoms with Crippen LogP contribution in [0.3, 0.4) is 0 Å². The van der Waals surface area contributed by atoms with Crippen molar-refractivity contribution in [2.45, 2.75) is 39.3 Å². The number of aryl methyl sites for hydroxylation is 2. The Morgan fingerprint density at radius 1 is 1.36 bits per heavy atom. The Hall–Kier alpha value is -2.37. The van der Waals surface area contributed by atoms with Crippen LogP contribution in [0.5, 0.6) is 5.75 Å². The molecule has 1 amide bonds. The van der Waals surface area contributed by atoms with E-state index in [0.29, 0.717) is 19.6 Å². The highest BCUT2D eigenvalue weighted by Crippen LogP contribution is 2.11. The van der Waals surface area contributed by atoms with Crippen molar-refractivity contribution in [1.29, 1.82) is 0 Å². The summed E-state index contributed by atoms with van der Waals surface area (Å²) < 4.78 is 7.37. The van der Waals surface area contributed by atoms with Crippen molar-refractivity contribution >= 4 is 5.91 Å². The van der Waals surface area contributed by atoms with Crippen LogP contribution in [0.1, 0.15) is 25.3 Å². The van der Waals surface area contributed by atoms with Gasteiger partial charge in [-0.05, 0) is 32.4 Å². The molecule has 0 spiro atoms. The van der Waals surface area contributed by atoms with Crippen LogP contribution < -0.4 is 10.1 Å². The number of rotatable bonds is 8. The fourth-order valence-electron chi connectivity index (χ4n) is 1.99. The van der Waals surface area contributed by atoms with Gasteiger partial charge < -0.3 is 10.1 Å². The minimum absolute atomic E-state index is 0.0276. The van der Waals surface area contributed by atoms with E-state index in [4.69, 9.17) is 4.74 Å². The van der Waals surface area contributed by atoms with Crippen LogP contribution in [-0.2, 0) is 11.3 Å². The molecule has 2 rings (SSSR count). The maximum atomic E-state index is 11.8. The van der Waals surface area contributed by atoms with Gasteiger partial charge in [0.15, 0.2) is 0 Å². The van der Waals surface area contributed by atoms with Gasteiger partial charge in [0.05, 0.1) is 6.04 Å². The van der Waals surface area contributed by atoms with E-state index in [-0.39, 0.29) is 11.9 Å². The molecule has 0 fully saturated rings. The summed E-state index contributed by atoms with van der Waals surface area (Å²) in [7, 11) is 0. The number of aromatic nitrogens is 3. The van der Waals surface area contributed by atoms with Crippen molar-refractivity contribution in [1.82, 2.24) is 20.1 Å². The summed E-state index contributed by atoms with van der Waals surface area (Å²) in [4.78, 5) is 15.7. The minimum atomic E-state index is -0.0276. The number of carbonyl (C=O) groups is 1. The highest BCUT2D eigenvalue weighted by Gasteiger charge is 2.08. The van der Waals surface area contributed by atoms with E-state index in [0.717, 1.165) is 12.2 Å². The van der Waals surface area contributed by atoms with Gasteiger partial charge in [-0.3, -0.25) is 9.48 Å². The average Bonchev–Trinajstić information content (AvgIpc) is 3.00. The maximum Gasteiger partial charge on any atom is 0.220 e. The first kappa shape index (κ1) is 16.0. The SMILES string of the molecule is Cc1ccc(OCC(C)NC(=O)CCCn2cncn2)cc1. The van der Waals surface area contributed by atoms with E-state index in [1.165, 1.54) is 11.9 Å². The second kappa shape index (κ2) is 8.17. The van der Waals surface area contributed by atoms with E-state index in [1.807, 2.05) is 38.1 Å². The highest BCUT2D eigenvalue weighted by molar-refractivity contribution is 5.76. The third-order valence-corrected chi connectivity index (χ3v) is 3.19. The minimum Gasteiger partial charge on any atom is -0.491 e. The normalized spacial score (nSPS) is 11.9. The molecule has 1 unspecified atom stereocenters. The van der Waals surface area contributed by atoms with Gasteiger partial charge in [-0.1, -0.05) is 17.7 Å². The monoisotopic (exact) mass is 302 g/mol. The van der Waals surface area contributed by atoms with Crippen LogP contribution in [0.25, 0.3) is 0 Å². The van der Waals surface area contributed by atoms with Crippen molar-refractivity contribution in [2.24, 2.45) is 0 Å². The Balaban J connectivity index is 1.62. The van der Waals surface area contributed by atoms with E-state index in [9.17, 15) is 4.79 Å². The van der Waals surface area contributed by atoms with Gasteiger partial charge in [0.2, 0.25) is 5.91 Å². The number of benzene rings is 1. The van der Waals surface area contributed by atoms with Crippen LogP contribution in [-0.4, -0.2) is 33.3 Å². The summed E-state index contributed by atoms with van der Waals surface area (Å²) in [5, 5.41) is 6.93. The second-order valence-corrected chi connectivity index (χ2v) is 5.35. The number of hydrogen-bond acceptors (Lipinski definition) is 4. The summed E-state index contributed by atoms with van der Waals surface area (Å²) in [6, 6.07) is 7.84. The van der Waals surface area contributed by atoms with Crippen LogP contribution in [0, 0.1) is 6.92 Å². The summed E-state index contributed by atoms with van der Waals surface area (Å²) in [6.45, 7) is 5.12. The number of ether oxygens (including phenoxy) is 1. The molecule has 22 heavy (non-hydrogen) atoms. The molecule has 6 heteroatoms.